The molecule has 2 amide bonds. The second kappa shape index (κ2) is 10.2. The van der Waals surface area contributed by atoms with Crippen LogP contribution in [0.15, 0.2) is 54.7 Å². The maximum absolute atomic E-state index is 12.7. The summed E-state index contributed by atoms with van der Waals surface area (Å²) < 4.78 is 0. The van der Waals surface area contributed by atoms with E-state index >= 15 is 0 Å². The zero-order valence-electron chi connectivity index (χ0n) is 16.8. The van der Waals surface area contributed by atoms with Gasteiger partial charge in [0.15, 0.2) is 0 Å². The van der Waals surface area contributed by atoms with Gasteiger partial charge >= 0.3 is 0 Å². The Hall–Kier alpha value is -2.73. The molecule has 1 unspecified atom stereocenters. The maximum atomic E-state index is 12.7. The van der Waals surface area contributed by atoms with E-state index in [0.717, 1.165) is 23.3 Å². The molecule has 0 bridgehead atoms. The van der Waals surface area contributed by atoms with E-state index < -0.39 is 6.04 Å². The fourth-order valence-corrected chi connectivity index (χ4v) is 3.79. The zero-order chi connectivity index (χ0) is 20.6. The van der Waals surface area contributed by atoms with Crippen LogP contribution in [0, 0.1) is 6.92 Å². The minimum Gasteiger partial charge on any atom is -0.361 e. The van der Waals surface area contributed by atoms with Gasteiger partial charge in [-0.25, -0.2) is 0 Å². The van der Waals surface area contributed by atoms with Crippen LogP contribution in [0.5, 0.6) is 0 Å². The number of amides is 2. The number of nitrogens with one attached hydrogen (secondary N) is 3. The molecule has 152 valence electrons. The molecule has 0 aliphatic rings. The van der Waals surface area contributed by atoms with Crippen molar-refractivity contribution < 1.29 is 9.59 Å². The van der Waals surface area contributed by atoms with Crippen LogP contribution in [0.4, 0.5) is 0 Å². The van der Waals surface area contributed by atoms with Gasteiger partial charge in [0.25, 0.3) is 5.91 Å². The van der Waals surface area contributed by atoms with Crippen LogP contribution in [0.2, 0.25) is 0 Å². The third kappa shape index (κ3) is 5.64. The van der Waals surface area contributed by atoms with Crippen molar-refractivity contribution in [3.8, 4) is 0 Å². The summed E-state index contributed by atoms with van der Waals surface area (Å²) in [5.41, 5.74) is 3.86. The Kier molecular flexibility index (Phi) is 7.36. The number of carbonyl (C=O) groups excluding carboxylic acids is 2. The third-order valence-electron chi connectivity index (χ3n) is 4.88. The first-order valence-corrected chi connectivity index (χ1v) is 11.2. The summed E-state index contributed by atoms with van der Waals surface area (Å²) in [4.78, 5) is 28.6. The first-order chi connectivity index (χ1) is 14.1. The second-order valence-electron chi connectivity index (χ2n) is 7.08. The number of hydrogen-bond acceptors (Lipinski definition) is 3. The van der Waals surface area contributed by atoms with E-state index in [1.807, 2.05) is 55.8 Å². The molecular weight excluding hydrogens is 382 g/mol. The molecule has 1 heterocycles. The number of para-hydroxylation sites is 1. The minimum atomic E-state index is -0.543. The van der Waals surface area contributed by atoms with Gasteiger partial charge in [0.2, 0.25) is 5.91 Å². The summed E-state index contributed by atoms with van der Waals surface area (Å²) in [5.74, 6) is 0.445. The van der Waals surface area contributed by atoms with Gasteiger partial charge in [-0.2, -0.15) is 11.8 Å². The molecule has 6 heteroatoms. The van der Waals surface area contributed by atoms with Gasteiger partial charge in [-0.05, 0) is 55.5 Å². The van der Waals surface area contributed by atoms with Crippen LogP contribution >= 0.6 is 11.8 Å². The fraction of sp³-hybridized carbons (Fsp3) is 0.304. The summed E-state index contributed by atoms with van der Waals surface area (Å²) in [7, 11) is 0. The van der Waals surface area contributed by atoms with Crippen molar-refractivity contribution in [2.45, 2.75) is 25.8 Å². The molecule has 0 aliphatic carbocycles. The van der Waals surface area contributed by atoms with Gasteiger partial charge in [-0.1, -0.05) is 35.9 Å². The Bertz CT molecular complexity index is 983. The lowest BCUT2D eigenvalue weighted by Gasteiger charge is -2.18. The zero-order valence-corrected chi connectivity index (χ0v) is 17.6. The molecule has 0 radical (unpaired) electrons. The number of aryl methyl sites for hydroxylation is 1. The predicted octanol–water partition coefficient (Wildman–Crippen LogP) is 3.69. The molecule has 5 nitrogen and oxygen atoms in total. The van der Waals surface area contributed by atoms with Gasteiger partial charge in [0.05, 0.1) is 0 Å². The van der Waals surface area contributed by atoms with Crippen molar-refractivity contribution in [1.82, 2.24) is 15.6 Å². The van der Waals surface area contributed by atoms with Crippen molar-refractivity contribution in [3.63, 3.8) is 0 Å². The molecule has 1 atom stereocenters. The number of fused-ring (bicyclic) bond motifs is 1. The molecule has 0 saturated carbocycles. The molecule has 0 spiro atoms. The lowest BCUT2D eigenvalue weighted by Crippen LogP contribution is -2.47. The topological polar surface area (TPSA) is 74.0 Å². The third-order valence-corrected chi connectivity index (χ3v) is 5.53. The molecule has 1 aromatic heterocycles. The van der Waals surface area contributed by atoms with E-state index in [1.54, 1.807) is 17.8 Å². The van der Waals surface area contributed by atoms with E-state index in [-0.39, 0.29) is 11.8 Å². The molecule has 0 saturated heterocycles. The standard InChI is InChI=1S/C23H27N3O2S/c1-16-6-5-7-17(14-16)22(27)26-21(11-13-29-2)23(28)24-12-10-18-15-25-20-9-4-3-8-19(18)20/h3-9,14-15,21,25H,10-13H2,1-2H3,(H,24,28)(H,26,27). The lowest BCUT2D eigenvalue weighted by molar-refractivity contribution is -0.122. The summed E-state index contributed by atoms with van der Waals surface area (Å²) in [6.45, 7) is 2.47. The van der Waals surface area contributed by atoms with Crippen LogP contribution in [0.3, 0.4) is 0 Å². The fourth-order valence-electron chi connectivity index (χ4n) is 3.31. The van der Waals surface area contributed by atoms with Crippen LogP contribution < -0.4 is 10.6 Å². The SMILES string of the molecule is CSCCC(NC(=O)c1cccc(C)c1)C(=O)NCCc1c[nH]c2ccccc12. The Morgan fingerprint density at radius 3 is 2.76 bits per heavy atom. The first-order valence-electron chi connectivity index (χ1n) is 9.77. The maximum Gasteiger partial charge on any atom is 0.251 e. The van der Waals surface area contributed by atoms with Crippen molar-refractivity contribution >= 4 is 34.5 Å². The smallest absolute Gasteiger partial charge is 0.251 e. The Balaban J connectivity index is 1.58. The summed E-state index contributed by atoms with van der Waals surface area (Å²) in [6, 6.07) is 15.0. The molecule has 3 N–H and O–H groups in total. The van der Waals surface area contributed by atoms with Gasteiger partial charge in [0, 0.05) is 29.2 Å². The predicted molar refractivity (Wildman–Crippen MR) is 120 cm³/mol. The molecule has 3 aromatic rings. The quantitative estimate of drug-likeness (QED) is 0.505. The molecule has 0 fully saturated rings. The van der Waals surface area contributed by atoms with Crippen molar-refractivity contribution in [3.05, 3.63) is 71.4 Å². The van der Waals surface area contributed by atoms with Crippen molar-refractivity contribution in [2.24, 2.45) is 0 Å². The van der Waals surface area contributed by atoms with Gasteiger partial charge in [-0.3, -0.25) is 9.59 Å². The highest BCUT2D eigenvalue weighted by Crippen LogP contribution is 2.17. The van der Waals surface area contributed by atoms with E-state index in [4.69, 9.17) is 0 Å². The normalized spacial score (nSPS) is 11.9. The van der Waals surface area contributed by atoms with Gasteiger partial charge in [-0.15, -0.1) is 0 Å². The summed E-state index contributed by atoms with van der Waals surface area (Å²) in [6.07, 6.45) is 5.31. The molecule has 29 heavy (non-hydrogen) atoms. The number of H-pyrrole nitrogens is 1. The number of aromatic nitrogens is 1. The molecule has 2 aromatic carbocycles. The number of carbonyl (C=O) groups is 2. The van der Waals surface area contributed by atoms with E-state index in [2.05, 4.69) is 21.7 Å². The average Bonchev–Trinajstić information content (AvgIpc) is 3.14. The van der Waals surface area contributed by atoms with E-state index in [1.165, 1.54) is 10.9 Å². The van der Waals surface area contributed by atoms with Gasteiger partial charge in [0.1, 0.15) is 6.04 Å². The highest BCUT2D eigenvalue weighted by atomic mass is 32.2. The van der Waals surface area contributed by atoms with Crippen molar-refractivity contribution in [1.29, 1.82) is 0 Å². The second-order valence-corrected chi connectivity index (χ2v) is 8.06. The van der Waals surface area contributed by atoms with Gasteiger partial charge < -0.3 is 15.6 Å². The lowest BCUT2D eigenvalue weighted by atomic mass is 10.1. The Morgan fingerprint density at radius 2 is 1.97 bits per heavy atom. The minimum absolute atomic E-state index is 0.139. The van der Waals surface area contributed by atoms with E-state index in [0.29, 0.717) is 18.5 Å². The van der Waals surface area contributed by atoms with Crippen LogP contribution in [0.1, 0.15) is 27.9 Å². The number of rotatable bonds is 9. The summed E-state index contributed by atoms with van der Waals surface area (Å²) >= 11 is 1.66. The van der Waals surface area contributed by atoms with Crippen LogP contribution in [0.25, 0.3) is 10.9 Å². The van der Waals surface area contributed by atoms with Crippen LogP contribution in [-0.4, -0.2) is 41.4 Å². The number of benzene rings is 2. The number of thioether (sulfide) groups is 1. The molecule has 3 rings (SSSR count). The highest BCUT2D eigenvalue weighted by molar-refractivity contribution is 7.98. The molecule has 0 aliphatic heterocycles. The number of hydrogen-bond donors (Lipinski definition) is 3. The monoisotopic (exact) mass is 409 g/mol. The van der Waals surface area contributed by atoms with Crippen LogP contribution in [-0.2, 0) is 11.2 Å². The average molecular weight is 410 g/mol. The highest BCUT2D eigenvalue weighted by Gasteiger charge is 2.21. The largest absolute Gasteiger partial charge is 0.361 e. The Morgan fingerprint density at radius 1 is 1.14 bits per heavy atom. The van der Waals surface area contributed by atoms with E-state index in [9.17, 15) is 9.59 Å². The number of aromatic amines is 1. The van der Waals surface area contributed by atoms with Crippen molar-refractivity contribution in [2.75, 3.05) is 18.6 Å². The Labute approximate surface area is 175 Å². The first kappa shape index (κ1) is 21.0. The summed E-state index contributed by atoms with van der Waals surface area (Å²) in [5, 5.41) is 7.06. The molecular formula is C23H27N3O2S.